The van der Waals surface area contributed by atoms with Crippen molar-refractivity contribution in [3.05, 3.63) is 0 Å². The molecule has 0 bridgehead atoms. The van der Waals surface area contributed by atoms with E-state index in [1.54, 1.807) is 0 Å². The number of hydrogen-bond donors (Lipinski definition) is 1. The fourth-order valence-electron chi connectivity index (χ4n) is 2.50. The van der Waals surface area contributed by atoms with Gasteiger partial charge in [-0.25, -0.2) is 0 Å². The molecule has 0 saturated heterocycles. The maximum Gasteiger partial charge on any atom is 0.319 e. The van der Waals surface area contributed by atoms with E-state index in [1.807, 2.05) is 0 Å². The highest BCUT2D eigenvalue weighted by Crippen LogP contribution is 2.29. The summed E-state index contributed by atoms with van der Waals surface area (Å²) in [5.41, 5.74) is 0. The molecule has 1 aliphatic carbocycles. The minimum Gasteiger partial charge on any atom is -0.465 e. The van der Waals surface area contributed by atoms with Gasteiger partial charge in [0.2, 0.25) is 0 Å². The lowest BCUT2D eigenvalue weighted by atomic mass is 9.81. The molecule has 0 amide bonds. The second kappa shape index (κ2) is 9.37. The Morgan fingerprint density at radius 1 is 1.28 bits per heavy atom. The summed E-state index contributed by atoms with van der Waals surface area (Å²) in [6, 6.07) is 0. The summed E-state index contributed by atoms with van der Waals surface area (Å²) in [6.45, 7) is 6.32. The number of esters is 1. The van der Waals surface area contributed by atoms with Crippen LogP contribution in [0, 0.1) is 11.8 Å². The van der Waals surface area contributed by atoms with Gasteiger partial charge in [0.1, 0.15) is 0 Å². The molecule has 0 unspecified atom stereocenters. The van der Waals surface area contributed by atoms with E-state index < -0.39 is 0 Å². The quantitative estimate of drug-likeness (QED) is 0.535. The number of ether oxygens (including phenoxy) is 1. The van der Waals surface area contributed by atoms with Crippen molar-refractivity contribution in [2.45, 2.75) is 58.8 Å². The van der Waals surface area contributed by atoms with E-state index in [0.29, 0.717) is 13.2 Å². The Morgan fingerprint density at radius 3 is 2.67 bits per heavy atom. The van der Waals surface area contributed by atoms with Gasteiger partial charge >= 0.3 is 5.97 Å². The molecule has 0 radical (unpaired) electrons. The van der Waals surface area contributed by atoms with Crippen molar-refractivity contribution in [2.75, 3.05) is 19.7 Å². The molecule has 0 spiro atoms. The molecule has 1 rings (SSSR count). The first-order chi connectivity index (χ1) is 8.72. The van der Waals surface area contributed by atoms with Crippen LogP contribution in [0.15, 0.2) is 0 Å². The predicted octanol–water partition coefficient (Wildman–Crippen LogP) is 3.14. The van der Waals surface area contributed by atoms with Crippen LogP contribution in [-0.2, 0) is 9.53 Å². The standard InChI is InChI=1S/C15H29NO2/c1-3-4-11-18-15(17)12-16-10-9-14-7-5-13(2)6-8-14/h13-14,16H,3-12H2,1-2H3. The van der Waals surface area contributed by atoms with Crippen molar-refractivity contribution in [3.8, 4) is 0 Å². The lowest BCUT2D eigenvalue weighted by molar-refractivity contribution is -0.142. The second-order valence-electron chi connectivity index (χ2n) is 5.67. The SMILES string of the molecule is CCCCOC(=O)CNCCC1CCC(C)CC1. The molecule has 1 saturated carbocycles. The lowest BCUT2D eigenvalue weighted by Crippen LogP contribution is -2.27. The van der Waals surface area contributed by atoms with E-state index in [9.17, 15) is 4.79 Å². The molecule has 0 heterocycles. The van der Waals surface area contributed by atoms with Crippen molar-refractivity contribution in [3.63, 3.8) is 0 Å². The molecule has 3 nitrogen and oxygen atoms in total. The summed E-state index contributed by atoms with van der Waals surface area (Å²) in [7, 11) is 0. The van der Waals surface area contributed by atoms with Gasteiger partial charge in [0.15, 0.2) is 0 Å². The summed E-state index contributed by atoms with van der Waals surface area (Å²) < 4.78 is 5.09. The third kappa shape index (κ3) is 7.00. The molecule has 1 fully saturated rings. The first-order valence-corrected chi connectivity index (χ1v) is 7.58. The molecule has 0 aromatic rings. The normalized spacial score (nSPS) is 23.9. The van der Waals surface area contributed by atoms with E-state index >= 15 is 0 Å². The van der Waals surface area contributed by atoms with Crippen molar-refractivity contribution >= 4 is 5.97 Å². The highest BCUT2D eigenvalue weighted by Gasteiger charge is 2.17. The molecule has 18 heavy (non-hydrogen) atoms. The van der Waals surface area contributed by atoms with Gasteiger partial charge in [-0.2, -0.15) is 0 Å². The van der Waals surface area contributed by atoms with Gasteiger partial charge in [0.25, 0.3) is 0 Å². The third-order valence-electron chi connectivity index (χ3n) is 3.90. The van der Waals surface area contributed by atoms with Crippen molar-refractivity contribution in [2.24, 2.45) is 11.8 Å². The second-order valence-corrected chi connectivity index (χ2v) is 5.67. The highest BCUT2D eigenvalue weighted by molar-refractivity contribution is 5.71. The molecule has 1 aliphatic rings. The Morgan fingerprint density at radius 2 is 2.00 bits per heavy atom. The monoisotopic (exact) mass is 255 g/mol. The number of nitrogens with one attached hydrogen (secondary N) is 1. The largest absolute Gasteiger partial charge is 0.465 e. The zero-order valence-electron chi connectivity index (χ0n) is 12.0. The van der Waals surface area contributed by atoms with E-state index in [4.69, 9.17) is 4.74 Å². The summed E-state index contributed by atoms with van der Waals surface area (Å²) in [4.78, 5) is 11.3. The predicted molar refractivity (Wildman–Crippen MR) is 74.5 cm³/mol. The van der Waals surface area contributed by atoms with Crippen LogP contribution < -0.4 is 5.32 Å². The Balaban J connectivity index is 1.93. The maximum atomic E-state index is 11.3. The molecular formula is C15H29NO2. The van der Waals surface area contributed by atoms with Gasteiger partial charge in [-0.05, 0) is 31.2 Å². The summed E-state index contributed by atoms with van der Waals surface area (Å²) >= 11 is 0. The zero-order valence-corrected chi connectivity index (χ0v) is 12.0. The lowest BCUT2D eigenvalue weighted by Gasteiger charge is -2.26. The van der Waals surface area contributed by atoms with Gasteiger partial charge in [-0.3, -0.25) is 4.79 Å². The average molecular weight is 255 g/mol. The number of hydrogen-bond acceptors (Lipinski definition) is 3. The Bertz CT molecular complexity index is 223. The van der Waals surface area contributed by atoms with E-state index in [1.165, 1.54) is 32.1 Å². The average Bonchev–Trinajstić information content (AvgIpc) is 2.37. The van der Waals surface area contributed by atoms with Gasteiger partial charge < -0.3 is 10.1 Å². The molecule has 0 aromatic heterocycles. The number of unbranched alkanes of at least 4 members (excludes halogenated alkanes) is 1. The van der Waals surface area contributed by atoms with Crippen LogP contribution in [0.5, 0.6) is 0 Å². The molecular weight excluding hydrogens is 226 g/mol. The Labute approximate surface area is 112 Å². The number of carbonyl (C=O) groups is 1. The van der Waals surface area contributed by atoms with Crippen molar-refractivity contribution in [1.29, 1.82) is 0 Å². The first kappa shape index (κ1) is 15.5. The van der Waals surface area contributed by atoms with E-state index in [0.717, 1.165) is 31.2 Å². The minimum absolute atomic E-state index is 0.110. The van der Waals surface area contributed by atoms with Gasteiger partial charge in [-0.1, -0.05) is 46.0 Å². The zero-order chi connectivity index (χ0) is 13.2. The third-order valence-corrected chi connectivity index (χ3v) is 3.90. The Kier molecular flexibility index (Phi) is 8.06. The molecule has 0 atom stereocenters. The number of rotatable bonds is 8. The van der Waals surface area contributed by atoms with Crippen molar-refractivity contribution in [1.82, 2.24) is 5.32 Å². The van der Waals surface area contributed by atoms with Gasteiger partial charge in [0, 0.05) is 0 Å². The van der Waals surface area contributed by atoms with Crippen LogP contribution in [-0.4, -0.2) is 25.7 Å². The van der Waals surface area contributed by atoms with Crippen LogP contribution in [0.3, 0.4) is 0 Å². The first-order valence-electron chi connectivity index (χ1n) is 7.58. The fourth-order valence-corrected chi connectivity index (χ4v) is 2.50. The highest BCUT2D eigenvalue weighted by atomic mass is 16.5. The molecule has 106 valence electrons. The van der Waals surface area contributed by atoms with Crippen LogP contribution in [0.2, 0.25) is 0 Å². The number of carbonyl (C=O) groups excluding carboxylic acids is 1. The Hall–Kier alpha value is -0.570. The maximum absolute atomic E-state index is 11.3. The van der Waals surface area contributed by atoms with Crippen LogP contribution in [0.25, 0.3) is 0 Å². The summed E-state index contributed by atoms with van der Waals surface area (Å²) in [6.07, 6.45) is 8.73. The molecule has 0 aliphatic heterocycles. The molecule has 1 N–H and O–H groups in total. The molecule has 0 aromatic carbocycles. The minimum atomic E-state index is -0.110. The van der Waals surface area contributed by atoms with Gasteiger partial charge in [-0.15, -0.1) is 0 Å². The topological polar surface area (TPSA) is 38.3 Å². The van der Waals surface area contributed by atoms with Crippen LogP contribution >= 0.6 is 0 Å². The van der Waals surface area contributed by atoms with E-state index in [-0.39, 0.29) is 5.97 Å². The van der Waals surface area contributed by atoms with Crippen LogP contribution in [0.4, 0.5) is 0 Å². The van der Waals surface area contributed by atoms with E-state index in [2.05, 4.69) is 19.2 Å². The smallest absolute Gasteiger partial charge is 0.319 e. The fraction of sp³-hybridized carbons (Fsp3) is 0.933. The van der Waals surface area contributed by atoms with Crippen LogP contribution in [0.1, 0.15) is 58.8 Å². The molecule has 3 heteroatoms. The van der Waals surface area contributed by atoms with Gasteiger partial charge in [0.05, 0.1) is 13.2 Å². The summed E-state index contributed by atoms with van der Waals surface area (Å²) in [5, 5.41) is 3.20. The van der Waals surface area contributed by atoms with Crippen molar-refractivity contribution < 1.29 is 9.53 Å². The summed E-state index contributed by atoms with van der Waals surface area (Å²) in [5.74, 6) is 1.67.